The van der Waals surface area contributed by atoms with Gasteiger partial charge in [-0.05, 0) is 61.1 Å². The number of rotatable bonds is 9. The van der Waals surface area contributed by atoms with Crippen molar-refractivity contribution in [2.45, 2.75) is 32.2 Å². The predicted octanol–water partition coefficient (Wildman–Crippen LogP) is 5.25. The molecule has 2 aromatic carbocycles. The molecule has 1 saturated heterocycles. The fourth-order valence-electron chi connectivity index (χ4n) is 3.71. The molecule has 2 aromatic rings. The first-order valence-electron chi connectivity index (χ1n) is 10.4. The standard InChI is InChI=1S/C23H26F2N4S/c24-23(25)22-16-21(26-27-22)19-10-8-18(9-11-19)17-29(20-6-2-1-3-7-20)30-15-14-28-12-4-5-13-28/h1-3,6-11,23H,4-5,12-17H2. The molecule has 2 aliphatic heterocycles. The molecule has 0 radical (unpaired) electrons. The molecule has 7 heteroatoms. The van der Waals surface area contributed by atoms with Crippen LogP contribution in [0.1, 0.15) is 30.4 Å². The van der Waals surface area contributed by atoms with Crippen molar-refractivity contribution in [3.8, 4) is 0 Å². The van der Waals surface area contributed by atoms with Crippen LogP contribution in [0.25, 0.3) is 0 Å². The summed E-state index contributed by atoms with van der Waals surface area (Å²) in [6.45, 7) is 4.32. The minimum atomic E-state index is -2.54. The minimum Gasteiger partial charge on any atom is -0.312 e. The first-order chi connectivity index (χ1) is 14.7. The van der Waals surface area contributed by atoms with Gasteiger partial charge in [-0.2, -0.15) is 10.2 Å². The zero-order chi connectivity index (χ0) is 20.8. The second-order valence-electron chi connectivity index (χ2n) is 7.57. The molecule has 0 unspecified atom stereocenters. The first kappa shape index (κ1) is 21.0. The van der Waals surface area contributed by atoms with Gasteiger partial charge in [-0.1, -0.05) is 42.5 Å². The molecule has 0 bridgehead atoms. The van der Waals surface area contributed by atoms with Gasteiger partial charge in [0, 0.05) is 24.4 Å². The zero-order valence-electron chi connectivity index (χ0n) is 16.9. The van der Waals surface area contributed by atoms with Crippen LogP contribution >= 0.6 is 11.9 Å². The number of halogens is 2. The highest BCUT2D eigenvalue weighted by Gasteiger charge is 2.21. The summed E-state index contributed by atoms with van der Waals surface area (Å²) in [5.74, 6) is 1.05. The average molecular weight is 429 g/mol. The molecule has 4 nitrogen and oxygen atoms in total. The molecule has 0 N–H and O–H groups in total. The number of hydrogen-bond acceptors (Lipinski definition) is 5. The van der Waals surface area contributed by atoms with Crippen molar-refractivity contribution in [2.24, 2.45) is 10.2 Å². The lowest BCUT2D eigenvalue weighted by Crippen LogP contribution is -2.24. The summed E-state index contributed by atoms with van der Waals surface area (Å²) in [7, 11) is 0. The third-order valence-corrected chi connectivity index (χ3v) is 6.43. The fourth-order valence-corrected chi connectivity index (χ4v) is 4.78. The Kier molecular flexibility index (Phi) is 7.12. The SMILES string of the molecule is FC(F)C1=NN=C(c2ccc(CN(SCCN3CCCC3)c3ccccc3)cc2)C1. The van der Waals surface area contributed by atoms with E-state index in [1.807, 2.05) is 30.1 Å². The Hall–Kier alpha value is -2.25. The van der Waals surface area contributed by atoms with Crippen molar-refractivity contribution in [3.63, 3.8) is 0 Å². The summed E-state index contributed by atoms with van der Waals surface area (Å²) in [6, 6.07) is 18.4. The third kappa shape index (κ3) is 5.46. The zero-order valence-corrected chi connectivity index (χ0v) is 17.7. The van der Waals surface area contributed by atoms with E-state index in [2.05, 4.69) is 55.8 Å². The van der Waals surface area contributed by atoms with Crippen LogP contribution in [0.15, 0.2) is 64.8 Å². The summed E-state index contributed by atoms with van der Waals surface area (Å²) in [5, 5.41) is 7.54. The lowest BCUT2D eigenvalue weighted by Gasteiger charge is -2.25. The largest absolute Gasteiger partial charge is 0.312 e. The van der Waals surface area contributed by atoms with Gasteiger partial charge in [-0.25, -0.2) is 8.78 Å². The van der Waals surface area contributed by atoms with E-state index in [1.54, 1.807) is 0 Å². The number of anilines is 1. The molecular weight excluding hydrogens is 402 g/mol. The van der Waals surface area contributed by atoms with Gasteiger partial charge < -0.3 is 9.21 Å². The average Bonchev–Trinajstić information content (AvgIpc) is 3.47. The second-order valence-corrected chi connectivity index (χ2v) is 8.67. The Morgan fingerprint density at radius 1 is 0.967 bits per heavy atom. The van der Waals surface area contributed by atoms with Crippen LogP contribution in [0.5, 0.6) is 0 Å². The van der Waals surface area contributed by atoms with Gasteiger partial charge in [0.2, 0.25) is 0 Å². The molecule has 0 aliphatic carbocycles. The highest BCUT2D eigenvalue weighted by molar-refractivity contribution is 8.00. The topological polar surface area (TPSA) is 31.2 Å². The van der Waals surface area contributed by atoms with Gasteiger partial charge >= 0.3 is 0 Å². The van der Waals surface area contributed by atoms with E-state index in [9.17, 15) is 8.78 Å². The van der Waals surface area contributed by atoms with Gasteiger partial charge in [0.05, 0.1) is 12.3 Å². The van der Waals surface area contributed by atoms with E-state index < -0.39 is 6.43 Å². The molecule has 2 heterocycles. The second kappa shape index (κ2) is 10.2. The van der Waals surface area contributed by atoms with Crippen LogP contribution < -0.4 is 4.31 Å². The Morgan fingerprint density at radius 3 is 2.37 bits per heavy atom. The van der Waals surface area contributed by atoms with Crippen molar-refractivity contribution in [1.29, 1.82) is 0 Å². The van der Waals surface area contributed by atoms with Crippen molar-refractivity contribution >= 4 is 29.1 Å². The highest BCUT2D eigenvalue weighted by Crippen LogP contribution is 2.26. The van der Waals surface area contributed by atoms with Crippen molar-refractivity contribution < 1.29 is 8.78 Å². The van der Waals surface area contributed by atoms with Crippen LogP contribution in [-0.4, -0.2) is 48.1 Å². The minimum absolute atomic E-state index is 0.125. The Morgan fingerprint density at radius 2 is 1.70 bits per heavy atom. The summed E-state index contributed by atoms with van der Waals surface area (Å²) in [6.07, 6.45) is 0.213. The summed E-state index contributed by atoms with van der Waals surface area (Å²) >= 11 is 1.86. The van der Waals surface area contributed by atoms with Crippen LogP contribution in [0, 0.1) is 0 Å². The normalized spacial score (nSPS) is 16.8. The number of benzene rings is 2. The van der Waals surface area contributed by atoms with E-state index in [0.29, 0.717) is 5.71 Å². The molecule has 0 aromatic heterocycles. The van der Waals surface area contributed by atoms with E-state index in [-0.39, 0.29) is 12.1 Å². The van der Waals surface area contributed by atoms with E-state index in [4.69, 9.17) is 0 Å². The number of alkyl halides is 2. The number of para-hydroxylation sites is 1. The van der Waals surface area contributed by atoms with Crippen LogP contribution in [0.2, 0.25) is 0 Å². The monoisotopic (exact) mass is 428 g/mol. The Balaban J connectivity index is 1.38. The van der Waals surface area contributed by atoms with E-state index in [1.165, 1.54) is 37.2 Å². The number of hydrogen-bond donors (Lipinski definition) is 0. The molecule has 30 heavy (non-hydrogen) atoms. The number of likely N-dealkylation sites (tertiary alicyclic amines) is 1. The highest BCUT2D eigenvalue weighted by atomic mass is 32.2. The molecule has 2 aliphatic rings. The molecule has 158 valence electrons. The molecule has 0 saturated carbocycles. The van der Waals surface area contributed by atoms with Crippen LogP contribution in [-0.2, 0) is 6.54 Å². The molecule has 4 rings (SSSR count). The fraction of sp³-hybridized carbons (Fsp3) is 0.391. The van der Waals surface area contributed by atoms with Crippen LogP contribution in [0.4, 0.5) is 14.5 Å². The summed E-state index contributed by atoms with van der Waals surface area (Å²) in [5.41, 5.74) is 3.66. The maximum Gasteiger partial charge on any atom is 0.278 e. The van der Waals surface area contributed by atoms with Crippen molar-refractivity contribution in [2.75, 3.05) is 29.7 Å². The van der Waals surface area contributed by atoms with Crippen LogP contribution in [0.3, 0.4) is 0 Å². The van der Waals surface area contributed by atoms with Crippen molar-refractivity contribution in [3.05, 3.63) is 65.7 Å². The molecule has 0 atom stereocenters. The van der Waals surface area contributed by atoms with Gasteiger partial charge in [0.15, 0.2) is 0 Å². The van der Waals surface area contributed by atoms with E-state index >= 15 is 0 Å². The molecular formula is C23H26F2N4S. The Bertz CT molecular complexity index is 878. The van der Waals surface area contributed by atoms with E-state index in [0.717, 1.165) is 24.4 Å². The summed E-state index contributed by atoms with van der Waals surface area (Å²) < 4.78 is 27.9. The third-order valence-electron chi connectivity index (χ3n) is 5.41. The van der Waals surface area contributed by atoms with Gasteiger partial charge in [0.25, 0.3) is 6.43 Å². The summed E-state index contributed by atoms with van der Waals surface area (Å²) in [4.78, 5) is 2.53. The van der Waals surface area contributed by atoms with Gasteiger partial charge in [-0.15, -0.1) is 0 Å². The van der Waals surface area contributed by atoms with Gasteiger partial charge in [0.1, 0.15) is 5.71 Å². The lowest BCUT2D eigenvalue weighted by molar-refractivity contribution is 0.224. The lowest BCUT2D eigenvalue weighted by atomic mass is 10.0. The molecule has 0 amide bonds. The predicted molar refractivity (Wildman–Crippen MR) is 122 cm³/mol. The maximum atomic E-state index is 12.8. The Labute approximate surface area is 180 Å². The molecule has 1 fully saturated rings. The quantitative estimate of drug-likeness (QED) is 0.511. The molecule has 0 spiro atoms. The maximum absolute atomic E-state index is 12.8. The smallest absolute Gasteiger partial charge is 0.278 e. The van der Waals surface area contributed by atoms with Gasteiger partial charge in [-0.3, -0.25) is 0 Å². The first-order valence-corrected chi connectivity index (χ1v) is 11.3. The number of nitrogens with zero attached hydrogens (tertiary/aromatic N) is 4. The van der Waals surface area contributed by atoms with Crippen molar-refractivity contribution in [1.82, 2.24) is 4.90 Å².